The summed E-state index contributed by atoms with van der Waals surface area (Å²) in [7, 11) is 0. The molecule has 1 aliphatic carbocycles. The van der Waals surface area contributed by atoms with Crippen molar-refractivity contribution in [3.63, 3.8) is 0 Å². The van der Waals surface area contributed by atoms with Gasteiger partial charge in [-0.3, -0.25) is 4.79 Å². The van der Waals surface area contributed by atoms with Crippen molar-refractivity contribution >= 4 is 50.2 Å². The van der Waals surface area contributed by atoms with Crippen LogP contribution in [0.5, 0.6) is 0 Å². The molecule has 2 fully saturated rings. The number of rotatable bonds is 2. The molecule has 1 saturated heterocycles. The molecule has 0 radical (unpaired) electrons. The van der Waals surface area contributed by atoms with Gasteiger partial charge in [-0.25, -0.2) is 4.98 Å². The predicted octanol–water partition coefficient (Wildman–Crippen LogP) is 4.10. The van der Waals surface area contributed by atoms with Gasteiger partial charge in [0.2, 0.25) is 5.91 Å². The number of benzene rings is 1. The minimum atomic E-state index is 0.298. The molecule has 1 aliphatic heterocycles. The Bertz CT molecular complexity index is 793. The minimum Gasteiger partial charge on any atom is -0.355 e. The number of fused-ring (bicyclic) bond motifs is 1. The Labute approximate surface area is 154 Å². The van der Waals surface area contributed by atoms with Gasteiger partial charge in [-0.2, -0.15) is 0 Å². The maximum atomic E-state index is 12.3. The van der Waals surface area contributed by atoms with Crippen molar-refractivity contribution in [1.29, 1.82) is 0 Å². The molecule has 6 heteroatoms. The van der Waals surface area contributed by atoms with E-state index in [-0.39, 0.29) is 0 Å². The highest BCUT2D eigenvalue weighted by Gasteiger charge is 2.34. The normalized spacial score (nSPS) is 18.8. The molecule has 24 heavy (non-hydrogen) atoms. The third-order valence-corrected chi connectivity index (χ3v) is 5.79. The quantitative estimate of drug-likeness (QED) is 0.750. The van der Waals surface area contributed by atoms with Gasteiger partial charge in [0.1, 0.15) is 5.82 Å². The van der Waals surface area contributed by atoms with E-state index < -0.39 is 0 Å². The number of halogens is 2. The summed E-state index contributed by atoms with van der Waals surface area (Å²) >= 11 is 9.87. The van der Waals surface area contributed by atoms with Crippen LogP contribution in [-0.2, 0) is 4.79 Å². The molecular weight excluding hydrogens is 390 g/mol. The van der Waals surface area contributed by atoms with E-state index in [0.717, 1.165) is 66.6 Å². The number of nitrogens with zero attached hydrogens (tertiary/aromatic N) is 3. The van der Waals surface area contributed by atoms with Crippen LogP contribution < -0.4 is 4.90 Å². The second-order valence-corrected chi connectivity index (χ2v) is 7.80. The lowest BCUT2D eigenvalue weighted by Gasteiger charge is -2.23. The molecule has 1 aromatic carbocycles. The summed E-state index contributed by atoms with van der Waals surface area (Å²) < 4.78 is 0.998. The monoisotopic (exact) mass is 407 g/mol. The first-order valence-electron chi connectivity index (χ1n) is 8.42. The summed E-state index contributed by atoms with van der Waals surface area (Å²) in [4.78, 5) is 21.4. The molecule has 4 rings (SSSR count). The topological polar surface area (TPSA) is 36.4 Å². The maximum Gasteiger partial charge on any atom is 0.225 e. The van der Waals surface area contributed by atoms with E-state index in [1.165, 1.54) is 0 Å². The fourth-order valence-electron chi connectivity index (χ4n) is 3.27. The van der Waals surface area contributed by atoms with Crippen LogP contribution in [0.1, 0.15) is 19.3 Å². The highest BCUT2D eigenvalue weighted by Crippen LogP contribution is 2.32. The molecule has 1 aromatic heterocycles. The summed E-state index contributed by atoms with van der Waals surface area (Å²) in [6.07, 6.45) is 3.11. The minimum absolute atomic E-state index is 0.298. The molecule has 126 valence electrons. The van der Waals surface area contributed by atoms with E-state index in [2.05, 4.69) is 26.9 Å². The number of pyridine rings is 1. The number of aromatic nitrogens is 1. The van der Waals surface area contributed by atoms with Crippen LogP contribution in [0.3, 0.4) is 0 Å². The number of anilines is 1. The van der Waals surface area contributed by atoms with Crippen LogP contribution >= 0.6 is 27.5 Å². The largest absolute Gasteiger partial charge is 0.355 e. The lowest BCUT2D eigenvalue weighted by atomic mass is 10.2. The van der Waals surface area contributed by atoms with E-state index in [4.69, 9.17) is 16.6 Å². The lowest BCUT2D eigenvalue weighted by molar-refractivity contribution is -0.132. The van der Waals surface area contributed by atoms with Gasteiger partial charge < -0.3 is 9.80 Å². The van der Waals surface area contributed by atoms with Gasteiger partial charge in [0, 0.05) is 42.0 Å². The molecule has 4 nitrogen and oxygen atoms in total. The average molecular weight is 409 g/mol. The summed E-state index contributed by atoms with van der Waals surface area (Å²) in [5, 5.41) is 1.68. The van der Waals surface area contributed by atoms with E-state index in [0.29, 0.717) is 16.8 Å². The van der Waals surface area contributed by atoms with Gasteiger partial charge in [-0.05, 0) is 43.5 Å². The van der Waals surface area contributed by atoms with Crippen molar-refractivity contribution in [2.75, 3.05) is 31.1 Å². The Kier molecular flexibility index (Phi) is 4.39. The molecule has 1 saturated carbocycles. The number of carbonyl (C=O) groups excluding carboxylic acids is 1. The molecule has 0 spiro atoms. The second-order valence-electron chi connectivity index (χ2n) is 6.53. The molecule has 0 unspecified atom stereocenters. The van der Waals surface area contributed by atoms with Crippen LogP contribution in [0.4, 0.5) is 5.82 Å². The highest BCUT2D eigenvalue weighted by molar-refractivity contribution is 9.10. The SMILES string of the molecule is O=C(C1CC1)N1CCCN(c2ccc3c(Br)ccc(Cl)c3n2)CC1. The molecule has 2 aliphatic rings. The van der Waals surface area contributed by atoms with Gasteiger partial charge in [-0.15, -0.1) is 0 Å². The summed E-state index contributed by atoms with van der Waals surface area (Å²) in [6.45, 7) is 3.37. The molecule has 1 amide bonds. The summed E-state index contributed by atoms with van der Waals surface area (Å²) in [6, 6.07) is 7.91. The first-order valence-corrected chi connectivity index (χ1v) is 9.59. The Morgan fingerprint density at radius 1 is 1.12 bits per heavy atom. The van der Waals surface area contributed by atoms with E-state index in [1.54, 1.807) is 0 Å². The maximum absolute atomic E-state index is 12.3. The zero-order chi connectivity index (χ0) is 16.7. The standard InChI is InChI=1S/C18H19BrClN3O/c19-14-5-6-15(20)17-13(14)4-7-16(21-17)22-8-1-9-23(11-10-22)18(24)12-2-3-12/h4-7,12H,1-3,8-11H2. The van der Waals surface area contributed by atoms with E-state index in [1.807, 2.05) is 23.1 Å². The van der Waals surface area contributed by atoms with E-state index in [9.17, 15) is 4.79 Å². The second kappa shape index (κ2) is 6.52. The number of amides is 1. The zero-order valence-corrected chi connectivity index (χ0v) is 15.7. The van der Waals surface area contributed by atoms with Crippen molar-refractivity contribution in [1.82, 2.24) is 9.88 Å². The third-order valence-electron chi connectivity index (χ3n) is 4.80. The lowest BCUT2D eigenvalue weighted by Crippen LogP contribution is -2.36. The van der Waals surface area contributed by atoms with Crippen LogP contribution in [0, 0.1) is 5.92 Å². The molecule has 0 bridgehead atoms. The Morgan fingerprint density at radius 2 is 1.96 bits per heavy atom. The van der Waals surface area contributed by atoms with Gasteiger partial charge in [0.05, 0.1) is 10.5 Å². The highest BCUT2D eigenvalue weighted by atomic mass is 79.9. The van der Waals surface area contributed by atoms with Crippen molar-refractivity contribution < 1.29 is 4.79 Å². The van der Waals surface area contributed by atoms with Gasteiger partial charge >= 0.3 is 0 Å². The number of hydrogen-bond donors (Lipinski definition) is 0. The summed E-state index contributed by atoms with van der Waals surface area (Å²) in [5.74, 6) is 1.57. The Hall–Kier alpha value is -1.33. The summed E-state index contributed by atoms with van der Waals surface area (Å²) in [5.41, 5.74) is 0.818. The van der Waals surface area contributed by atoms with Crippen molar-refractivity contribution in [3.05, 3.63) is 33.8 Å². The molecule has 0 atom stereocenters. The first-order chi connectivity index (χ1) is 11.6. The molecular formula is C18H19BrClN3O. The van der Waals surface area contributed by atoms with Crippen LogP contribution in [-0.4, -0.2) is 42.0 Å². The predicted molar refractivity (Wildman–Crippen MR) is 101 cm³/mol. The van der Waals surface area contributed by atoms with Crippen molar-refractivity contribution in [2.24, 2.45) is 5.92 Å². The smallest absolute Gasteiger partial charge is 0.225 e. The van der Waals surface area contributed by atoms with Crippen molar-refractivity contribution in [2.45, 2.75) is 19.3 Å². The zero-order valence-electron chi connectivity index (χ0n) is 13.3. The fourth-order valence-corrected chi connectivity index (χ4v) is 3.93. The van der Waals surface area contributed by atoms with Crippen LogP contribution in [0.2, 0.25) is 5.02 Å². The first kappa shape index (κ1) is 16.2. The Morgan fingerprint density at radius 3 is 2.75 bits per heavy atom. The van der Waals surface area contributed by atoms with Gasteiger partial charge in [-0.1, -0.05) is 27.5 Å². The number of hydrogen-bond acceptors (Lipinski definition) is 3. The van der Waals surface area contributed by atoms with Gasteiger partial charge in [0.25, 0.3) is 0 Å². The van der Waals surface area contributed by atoms with Gasteiger partial charge in [0.15, 0.2) is 0 Å². The van der Waals surface area contributed by atoms with Crippen LogP contribution in [0.15, 0.2) is 28.7 Å². The number of carbonyl (C=O) groups is 1. The average Bonchev–Trinajstić information content (AvgIpc) is 3.44. The van der Waals surface area contributed by atoms with Crippen molar-refractivity contribution in [3.8, 4) is 0 Å². The molecule has 2 heterocycles. The Balaban J connectivity index is 1.56. The fraction of sp³-hybridized carbons (Fsp3) is 0.444. The molecule has 0 N–H and O–H groups in total. The van der Waals surface area contributed by atoms with E-state index >= 15 is 0 Å². The molecule has 2 aromatic rings. The third kappa shape index (κ3) is 3.11. The van der Waals surface area contributed by atoms with Crippen LogP contribution in [0.25, 0.3) is 10.9 Å².